The molecule has 184 valence electrons. The van der Waals surface area contributed by atoms with Crippen molar-refractivity contribution < 1.29 is 9.59 Å². The molecule has 0 aliphatic heterocycles. The third kappa shape index (κ3) is 6.89. The standard InChI is InChI=1S/C27H23Cl2N3O2S2/c1-2-7-24(33)30-19-10-6-11-20(15-19)36-25(17-8-4-3-5-9-17)26(34)32-27-31-23(16-35-27)21-13-12-18(28)14-22(21)29/h3-6,8-16,25H,2,7H2,1H3,(H,30,33)(H,31,32,34). The average Bonchev–Trinajstić information content (AvgIpc) is 3.31. The van der Waals surface area contributed by atoms with E-state index in [1.165, 1.54) is 23.1 Å². The largest absolute Gasteiger partial charge is 0.326 e. The molecule has 0 aliphatic rings. The number of thioether (sulfide) groups is 1. The van der Waals surface area contributed by atoms with Gasteiger partial charge in [-0.05, 0) is 48.4 Å². The molecule has 3 aromatic carbocycles. The second kappa shape index (κ2) is 12.4. The predicted molar refractivity (Wildman–Crippen MR) is 151 cm³/mol. The van der Waals surface area contributed by atoms with E-state index in [0.29, 0.717) is 33.0 Å². The first kappa shape index (κ1) is 26.2. The number of rotatable bonds is 9. The maximum atomic E-state index is 13.4. The highest BCUT2D eigenvalue weighted by molar-refractivity contribution is 8.00. The van der Waals surface area contributed by atoms with E-state index < -0.39 is 5.25 Å². The SMILES string of the molecule is CCCC(=O)Nc1cccc(SC(C(=O)Nc2nc(-c3ccc(Cl)cc3Cl)cs2)c2ccccc2)c1. The van der Waals surface area contributed by atoms with Gasteiger partial charge in [0.2, 0.25) is 11.8 Å². The lowest BCUT2D eigenvalue weighted by Gasteiger charge is -2.17. The highest BCUT2D eigenvalue weighted by Crippen LogP contribution is 2.38. The van der Waals surface area contributed by atoms with E-state index in [1.807, 2.05) is 66.9 Å². The van der Waals surface area contributed by atoms with Crippen molar-refractivity contribution in [2.24, 2.45) is 0 Å². The van der Waals surface area contributed by atoms with Crippen LogP contribution < -0.4 is 10.6 Å². The van der Waals surface area contributed by atoms with Crippen molar-refractivity contribution in [3.8, 4) is 11.3 Å². The van der Waals surface area contributed by atoms with Crippen LogP contribution in [0, 0.1) is 0 Å². The third-order valence-electron chi connectivity index (χ3n) is 5.13. The molecule has 36 heavy (non-hydrogen) atoms. The molecule has 0 spiro atoms. The zero-order chi connectivity index (χ0) is 25.5. The lowest BCUT2D eigenvalue weighted by atomic mass is 10.1. The summed E-state index contributed by atoms with van der Waals surface area (Å²) < 4.78 is 0. The zero-order valence-corrected chi connectivity index (χ0v) is 22.5. The van der Waals surface area contributed by atoms with Crippen LogP contribution in [0.5, 0.6) is 0 Å². The van der Waals surface area contributed by atoms with Gasteiger partial charge in [0.1, 0.15) is 5.25 Å². The Morgan fingerprint density at radius 2 is 1.81 bits per heavy atom. The van der Waals surface area contributed by atoms with Gasteiger partial charge in [-0.1, -0.05) is 66.5 Å². The summed E-state index contributed by atoms with van der Waals surface area (Å²) in [6.45, 7) is 1.96. The summed E-state index contributed by atoms with van der Waals surface area (Å²) in [6.07, 6.45) is 1.24. The molecule has 9 heteroatoms. The van der Waals surface area contributed by atoms with Gasteiger partial charge in [0.15, 0.2) is 5.13 Å². The van der Waals surface area contributed by atoms with Crippen molar-refractivity contribution in [1.82, 2.24) is 4.98 Å². The van der Waals surface area contributed by atoms with E-state index in [0.717, 1.165) is 22.4 Å². The zero-order valence-electron chi connectivity index (χ0n) is 19.3. The monoisotopic (exact) mass is 555 g/mol. The van der Waals surface area contributed by atoms with Crippen molar-refractivity contribution in [2.45, 2.75) is 29.9 Å². The molecule has 5 nitrogen and oxygen atoms in total. The average molecular weight is 557 g/mol. The van der Waals surface area contributed by atoms with Crippen molar-refractivity contribution >= 4 is 68.9 Å². The fourth-order valence-electron chi connectivity index (χ4n) is 3.46. The van der Waals surface area contributed by atoms with Gasteiger partial charge in [-0.2, -0.15) is 0 Å². The Kier molecular flexibility index (Phi) is 9.04. The van der Waals surface area contributed by atoms with Crippen LogP contribution in [-0.2, 0) is 9.59 Å². The number of nitrogens with zero attached hydrogens (tertiary/aromatic N) is 1. The van der Waals surface area contributed by atoms with E-state index >= 15 is 0 Å². The number of benzene rings is 3. The van der Waals surface area contributed by atoms with E-state index in [2.05, 4.69) is 15.6 Å². The summed E-state index contributed by atoms with van der Waals surface area (Å²) in [5.74, 6) is -0.230. The molecule has 0 radical (unpaired) electrons. The number of nitrogens with one attached hydrogen (secondary N) is 2. The summed E-state index contributed by atoms with van der Waals surface area (Å²) >= 11 is 15.1. The first-order valence-electron chi connectivity index (χ1n) is 11.3. The first-order chi connectivity index (χ1) is 17.4. The number of carbonyl (C=O) groups is 2. The maximum Gasteiger partial charge on any atom is 0.244 e. The number of carbonyl (C=O) groups excluding carboxylic acids is 2. The number of halogens is 2. The van der Waals surface area contributed by atoms with Crippen LogP contribution in [0.1, 0.15) is 30.6 Å². The minimum absolute atomic E-state index is 0.0302. The van der Waals surface area contributed by atoms with Crippen LogP contribution in [0.25, 0.3) is 11.3 Å². The number of hydrogen-bond acceptors (Lipinski definition) is 5. The van der Waals surface area contributed by atoms with Crippen LogP contribution in [0.4, 0.5) is 10.8 Å². The molecule has 0 fully saturated rings. The lowest BCUT2D eigenvalue weighted by Crippen LogP contribution is -2.19. The molecule has 1 aromatic heterocycles. The topological polar surface area (TPSA) is 71.1 Å². The maximum absolute atomic E-state index is 13.4. The molecule has 0 aliphatic carbocycles. The molecule has 2 N–H and O–H groups in total. The van der Waals surface area contributed by atoms with E-state index in [1.54, 1.807) is 18.2 Å². The highest BCUT2D eigenvalue weighted by Gasteiger charge is 2.23. The second-order valence-corrected chi connectivity index (χ2v) is 10.8. The normalized spacial score (nSPS) is 11.6. The van der Waals surface area contributed by atoms with Gasteiger partial charge in [-0.3, -0.25) is 9.59 Å². The summed E-state index contributed by atoms with van der Waals surface area (Å²) in [4.78, 5) is 30.9. The van der Waals surface area contributed by atoms with E-state index in [4.69, 9.17) is 23.2 Å². The molecule has 4 aromatic rings. The molecule has 4 rings (SSSR count). The van der Waals surface area contributed by atoms with Crippen molar-refractivity contribution in [2.75, 3.05) is 10.6 Å². The minimum Gasteiger partial charge on any atom is -0.326 e. The molecule has 1 atom stereocenters. The number of anilines is 2. The van der Waals surface area contributed by atoms with Gasteiger partial charge in [-0.25, -0.2) is 4.98 Å². The van der Waals surface area contributed by atoms with Crippen molar-refractivity contribution in [1.29, 1.82) is 0 Å². The smallest absolute Gasteiger partial charge is 0.244 e. The minimum atomic E-state index is -0.528. The number of thiazole rings is 1. The summed E-state index contributed by atoms with van der Waals surface area (Å²) in [5.41, 5.74) is 2.97. The molecule has 0 bridgehead atoms. The molecule has 1 heterocycles. The van der Waals surface area contributed by atoms with Gasteiger partial charge in [-0.15, -0.1) is 23.1 Å². The van der Waals surface area contributed by atoms with Gasteiger partial charge in [0.25, 0.3) is 0 Å². The number of aromatic nitrogens is 1. The number of amides is 2. The molecular weight excluding hydrogens is 533 g/mol. The molecular formula is C27H23Cl2N3O2S2. The fraction of sp³-hybridized carbons (Fsp3) is 0.148. The molecule has 1 unspecified atom stereocenters. The Morgan fingerprint density at radius 3 is 2.56 bits per heavy atom. The van der Waals surface area contributed by atoms with Gasteiger partial charge < -0.3 is 10.6 Å². The van der Waals surface area contributed by atoms with Crippen LogP contribution in [0.2, 0.25) is 10.0 Å². The Hall–Kier alpha value is -2.84. The lowest BCUT2D eigenvalue weighted by molar-refractivity contribution is -0.116. The van der Waals surface area contributed by atoms with Gasteiger partial charge in [0, 0.05) is 33.0 Å². The highest BCUT2D eigenvalue weighted by atomic mass is 35.5. The van der Waals surface area contributed by atoms with Crippen molar-refractivity contribution in [3.05, 3.63) is 93.8 Å². The van der Waals surface area contributed by atoms with E-state index in [9.17, 15) is 9.59 Å². The molecule has 0 saturated heterocycles. The Balaban J connectivity index is 1.54. The molecule has 0 saturated carbocycles. The van der Waals surface area contributed by atoms with Crippen LogP contribution in [0.15, 0.2) is 83.1 Å². The Bertz CT molecular complexity index is 1360. The first-order valence-corrected chi connectivity index (χ1v) is 13.8. The predicted octanol–water partition coefficient (Wildman–Crippen LogP) is 8.33. The summed E-state index contributed by atoms with van der Waals surface area (Å²) in [6, 6.07) is 22.3. The van der Waals surface area contributed by atoms with Gasteiger partial charge in [0.05, 0.1) is 10.7 Å². The molecule has 2 amide bonds. The van der Waals surface area contributed by atoms with Gasteiger partial charge >= 0.3 is 0 Å². The second-order valence-electron chi connectivity index (χ2n) is 7.89. The fourth-order valence-corrected chi connectivity index (χ4v) is 5.76. The van der Waals surface area contributed by atoms with Crippen LogP contribution in [-0.4, -0.2) is 16.8 Å². The van der Waals surface area contributed by atoms with Crippen LogP contribution in [0.3, 0.4) is 0 Å². The number of hydrogen-bond donors (Lipinski definition) is 2. The summed E-state index contributed by atoms with van der Waals surface area (Å²) in [7, 11) is 0. The Labute approximate surface area is 228 Å². The van der Waals surface area contributed by atoms with Crippen molar-refractivity contribution in [3.63, 3.8) is 0 Å². The summed E-state index contributed by atoms with van der Waals surface area (Å²) in [5, 5.41) is 8.70. The third-order valence-corrected chi connectivity index (χ3v) is 7.68. The van der Waals surface area contributed by atoms with E-state index in [-0.39, 0.29) is 11.8 Å². The van der Waals surface area contributed by atoms with Crippen LogP contribution >= 0.6 is 46.3 Å². The quantitative estimate of drug-likeness (QED) is 0.203. The Morgan fingerprint density at radius 1 is 1.00 bits per heavy atom.